The summed E-state index contributed by atoms with van der Waals surface area (Å²) in [7, 11) is 0. The number of hydrogen-bond acceptors (Lipinski definition) is 3. The molecule has 1 aromatic heterocycles. The van der Waals surface area contributed by atoms with Gasteiger partial charge in [-0.3, -0.25) is 4.79 Å². The first-order chi connectivity index (χ1) is 13.1. The van der Waals surface area contributed by atoms with Crippen molar-refractivity contribution in [1.82, 2.24) is 20.3 Å². The minimum atomic E-state index is 0.199. The van der Waals surface area contributed by atoms with Gasteiger partial charge in [-0.15, -0.1) is 5.10 Å². The molecular weight excluding hydrogens is 338 g/mol. The Kier molecular flexibility index (Phi) is 5.81. The van der Waals surface area contributed by atoms with Crippen LogP contribution in [0.25, 0.3) is 0 Å². The normalized spacial score (nSPS) is 31.4. The van der Waals surface area contributed by atoms with Gasteiger partial charge in [0.25, 0.3) is 0 Å². The fraction of sp³-hybridized carbons (Fsp3) is 0.857. The smallest absolute Gasteiger partial charge is 0.229 e. The number of aromatic nitrogens is 3. The molecule has 1 saturated carbocycles. The molecule has 0 spiro atoms. The third-order valence-corrected chi connectivity index (χ3v) is 7.04. The van der Waals surface area contributed by atoms with Crippen molar-refractivity contribution in [3.63, 3.8) is 0 Å². The van der Waals surface area contributed by atoms with E-state index in [1.807, 2.05) is 13.8 Å². The number of carbonyl (C=O) groups excluding carboxylic acids is 1. The molecule has 6 heteroatoms. The number of carbonyl (C=O) groups is 1. The second-order valence-electron chi connectivity index (χ2n) is 9.50. The molecule has 2 N–H and O–H groups in total. The molecule has 150 valence electrons. The Hall–Kier alpha value is -1.43. The van der Waals surface area contributed by atoms with Crippen LogP contribution in [-0.2, 0) is 17.8 Å². The van der Waals surface area contributed by atoms with Crippen molar-refractivity contribution in [3.05, 3.63) is 11.9 Å². The van der Waals surface area contributed by atoms with E-state index in [2.05, 4.69) is 26.5 Å². The minimum absolute atomic E-state index is 0.199. The molecule has 4 heterocycles. The lowest BCUT2D eigenvalue weighted by Crippen LogP contribution is -3.20. The average molecular weight is 375 g/mol. The van der Waals surface area contributed by atoms with E-state index in [1.165, 1.54) is 50.8 Å². The first-order valence-corrected chi connectivity index (χ1v) is 11.1. The molecular formula is C21H36N5O+. The van der Waals surface area contributed by atoms with Crippen LogP contribution < -0.4 is 10.2 Å². The summed E-state index contributed by atoms with van der Waals surface area (Å²) in [5.41, 5.74) is 1.17. The Balaban J connectivity index is 1.31. The van der Waals surface area contributed by atoms with Gasteiger partial charge in [0.05, 0.1) is 31.2 Å². The molecule has 1 amide bonds. The molecule has 5 rings (SSSR count). The molecule has 3 saturated heterocycles. The second kappa shape index (κ2) is 8.29. The predicted octanol–water partition coefficient (Wildman–Crippen LogP) is 1.22. The third kappa shape index (κ3) is 4.53. The van der Waals surface area contributed by atoms with Gasteiger partial charge >= 0.3 is 0 Å². The van der Waals surface area contributed by atoms with Gasteiger partial charge in [-0.1, -0.05) is 37.3 Å². The maximum absolute atomic E-state index is 12.5. The van der Waals surface area contributed by atoms with Crippen molar-refractivity contribution in [2.45, 2.75) is 83.8 Å². The van der Waals surface area contributed by atoms with Gasteiger partial charge in [0.2, 0.25) is 5.91 Å². The summed E-state index contributed by atoms with van der Waals surface area (Å²) >= 11 is 0. The first-order valence-electron chi connectivity index (χ1n) is 11.1. The maximum Gasteiger partial charge on any atom is 0.229 e. The van der Waals surface area contributed by atoms with Crippen LogP contribution in [0.1, 0.15) is 64.5 Å². The monoisotopic (exact) mass is 374 g/mol. The molecule has 1 aromatic rings. The van der Waals surface area contributed by atoms with E-state index in [0.29, 0.717) is 12.0 Å². The van der Waals surface area contributed by atoms with Gasteiger partial charge in [-0.2, -0.15) is 0 Å². The Morgan fingerprint density at radius 1 is 1.30 bits per heavy atom. The number of amides is 1. The van der Waals surface area contributed by atoms with Crippen molar-refractivity contribution in [1.29, 1.82) is 0 Å². The van der Waals surface area contributed by atoms with Gasteiger partial charge < -0.3 is 10.2 Å². The third-order valence-electron chi connectivity index (χ3n) is 7.04. The summed E-state index contributed by atoms with van der Waals surface area (Å²) in [6, 6.07) is 0.813. The minimum Gasteiger partial charge on any atom is -0.353 e. The van der Waals surface area contributed by atoms with Gasteiger partial charge in [0.1, 0.15) is 6.04 Å². The highest BCUT2D eigenvalue weighted by atomic mass is 16.2. The number of hydrogen-bond donors (Lipinski definition) is 2. The van der Waals surface area contributed by atoms with Crippen LogP contribution in [-0.4, -0.2) is 46.1 Å². The van der Waals surface area contributed by atoms with E-state index in [0.717, 1.165) is 31.8 Å². The number of nitrogens with zero attached hydrogens (tertiary/aromatic N) is 3. The Labute approximate surface area is 163 Å². The summed E-state index contributed by atoms with van der Waals surface area (Å²) in [5.74, 6) is 1.81. The molecule has 3 aliphatic heterocycles. The topological polar surface area (TPSA) is 64.2 Å². The van der Waals surface area contributed by atoms with Crippen molar-refractivity contribution >= 4 is 5.91 Å². The van der Waals surface area contributed by atoms with Gasteiger partial charge in [-0.25, -0.2) is 4.68 Å². The summed E-state index contributed by atoms with van der Waals surface area (Å²) in [4.78, 5) is 14.1. The summed E-state index contributed by atoms with van der Waals surface area (Å²) in [6.07, 6.45) is 12.5. The molecule has 4 aliphatic rings. The molecule has 4 atom stereocenters. The highest BCUT2D eigenvalue weighted by Gasteiger charge is 2.46. The molecule has 0 radical (unpaired) electrons. The van der Waals surface area contributed by atoms with Crippen LogP contribution in [0.3, 0.4) is 0 Å². The van der Waals surface area contributed by atoms with Gasteiger partial charge in [0, 0.05) is 25.1 Å². The zero-order valence-corrected chi connectivity index (χ0v) is 17.0. The van der Waals surface area contributed by atoms with E-state index in [-0.39, 0.29) is 17.9 Å². The summed E-state index contributed by atoms with van der Waals surface area (Å²) in [6.45, 7) is 7.22. The predicted molar refractivity (Wildman–Crippen MR) is 104 cm³/mol. The highest BCUT2D eigenvalue weighted by Crippen LogP contribution is 2.28. The fourth-order valence-corrected chi connectivity index (χ4v) is 5.64. The number of fused-ring (bicyclic) bond motifs is 3. The molecule has 1 aliphatic carbocycles. The maximum atomic E-state index is 12.5. The van der Waals surface area contributed by atoms with E-state index < -0.39 is 0 Å². The van der Waals surface area contributed by atoms with Crippen LogP contribution in [0.4, 0.5) is 0 Å². The van der Waals surface area contributed by atoms with Crippen molar-refractivity contribution in [2.75, 3.05) is 13.1 Å². The molecule has 2 bridgehead atoms. The van der Waals surface area contributed by atoms with E-state index in [4.69, 9.17) is 0 Å². The Morgan fingerprint density at radius 2 is 2.11 bits per heavy atom. The van der Waals surface area contributed by atoms with Gasteiger partial charge in [-0.05, 0) is 32.1 Å². The molecule has 1 unspecified atom stereocenters. The fourth-order valence-electron chi connectivity index (χ4n) is 5.64. The number of quaternary nitrogens is 1. The number of rotatable bonds is 6. The van der Waals surface area contributed by atoms with Gasteiger partial charge in [0.15, 0.2) is 0 Å². The van der Waals surface area contributed by atoms with Crippen LogP contribution in [0.15, 0.2) is 6.20 Å². The summed E-state index contributed by atoms with van der Waals surface area (Å²) < 4.78 is 2.07. The standard InChI is InChI=1S/C21H35N5O/c1-15(2)22-21(27)20-14-25-9-8-17(20)11-19(25)13-26-12-18(23-24-26)10-16-6-4-3-5-7-16/h12,15-17,19-20H,3-11,13-14H2,1-2H3,(H,22,27)/p+1/t17-,19-,20+/m1/s1. The van der Waals surface area contributed by atoms with Crippen LogP contribution in [0, 0.1) is 17.8 Å². The van der Waals surface area contributed by atoms with Crippen LogP contribution in [0.5, 0.6) is 0 Å². The average Bonchev–Trinajstić information content (AvgIpc) is 3.09. The number of nitrogens with one attached hydrogen (secondary N) is 2. The molecule has 0 aromatic carbocycles. The Bertz CT molecular complexity index is 636. The van der Waals surface area contributed by atoms with E-state index >= 15 is 0 Å². The van der Waals surface area contributed by atoms with E-state index in [9.17, 15) is 4.79 Å². The quantitative estimate of drug-likeness (QED) is 0.787. The zero-order chi connectivity index (χ0) is 18.8. The van der Waals surface area contributed by atoms with Crippen molar-refractivity contribution < 1.29 is 9.69 Å². The Morgan fingerprint density at radius 3 is 2.81 bits per heavy atom. The van der Waals surface area contributed by atoms with Crippen molar-refractivity contribution in [2.24, 2.45) is 17.8 Å². The van der Waals surface area contributed by atoms with Crippen LogP contribution >= 0.6 is 0 Å². The molecule has 27 heavy (non-hydrogen) atoms. The molecule has 4 fully saturated rings. The lowest BCUT2D eigenvalue weighted by atomic mass is 9.75. The summed E-state index contributed by atoms with van der Waals surface area (Å²) in [5, 5.41) is 12.0. The second-order valence-corrected chi connectivity index (χ2v) is 9.50. The number of piperidine rings is 3. The van der Waals surface area contributed by atoms with E-state index in [1.54, 1.807) is 4.90 Å². The first kappa shape index (κ1) is 18.9. The SMILES string of the molecule is CC(C)NC(=O)[C@H]1C[NH+]2CC[C@@H]1C[C@@H]2Cn1cc(CC2CCCCC2)nn1. The van der Waals surface area contributed by atoms with Crippen LogP contribution in [0.2, 0.25) is 0 Å². The zero-order valence-electron chi connectivity index (χ0n) is 17.0. The highest BCUT2D eigenvalue weighted by molar-refractivity contribution is 5.79. The largest absolute Gasteiger partial charge is 0.353 e. The molecule has 6 nitrogen and oxygen atoms in total. The van der Waals surface area contributed by atoms with Crippen molar-refractivity contribution in [3.8, 4) is 0 Å². The lowest BCUT2D eigenvalue weighted by molar-refractivity contribution is -0.945. The lowest BCUT2D eigenvalue weighted by Gasteiger charge is -2.46.